The van der Waals surface area contributed by atoms with Gasteiger partial charge < -0.3 is 4.90 Å². The molecule has 1 unspecified atom stereocenters. The van der Waals surface area contributed by atoms with Crippen molar-refractivity contribution in [2.45, 2.75) is 26.4 Å². The smallest absolute Gasteiger partial charge is 0.257 e. The maximum atomic E-state index is 12.8. The van der Waals surface area contributed by atoms with E-state index in [-0.39, 0.29) is 24.0 Å². The molecule has 0 saturated carbocycles. The minimum atomic E-state index is -3.17. The number of hydrogen-bond acceptors (Lipinski definition) is 6. The highest BCUT2D eigenvalue weighted by Gasteiger charge is 2.36. The van der Waals surface area contributed by atoms with Gasteiger partial charge in [0.15, 0.2) is 9.84 Å². The van der Waals surface area contributed by atoms with Crippen molar-refractivity contribution >= 4 is 27.3 Å². The Bertz CT molecular complexity index is 825. The van der Waals surface area contributed by atoms with Gasteiger partial charge in [-0.3, -0.25) is 9.48 Å². The molecule has 0 radical (unpaired) electrons. The van der Waals surface area contributed by atoms with Gasteiger partial charge in [-0.2, -0.15) is 9.47 Å². The van der Waals surface area contributed by atoms with Gasteiger partial charge in [0.05, 0.1) is 35.0 Å². The van der Waals surface area contributed by atoms with Gasteiger partial charge in [-0.05, 0) is 25.4 Å². The standard InChI is InChI=1S/C14H18N4O3S2/c1-3-17-7-11(6-15-17)13-9-23(20,21)5-4-18(13)14(19)12-8-22-16-10(12)2/h6-8,13H,3-5,9H2,1-2H3. The van der Waals surface area contributed by atoms with E-state index in [4.69, 9.17) is 0 Å². The van der Waals surface area contributed by atoms with E-state index in [1.165, 1.54) is 11.5 Å². The van der Waals surface area contributed by atoms with Crippen molar-refractivity contribution in [1.29, 1.82) is 0 Å². The van der Waals surface area contributed by atoms with Crippen LogP contribution in [0.1, 0.15) is 34.6 Å². The van der Waals surface area contributed by atoms with Crippen molar-refractivity contribution in [2.24, 2.45) is 0 Å². The molecule has 3 rings (SSSR count). The molecule has 0 bridgehead atoms. The van der Waals surface area contributed by atoms with Crippen LogP contribution in [0, 0.1) is 6.92 Å². The van der Waals surface area contributed by atoms with Gasteiger partial charge in [0.25, 0.3) is 5.91 Å². The van der Waals surface area contributed by atoms with Crippen molar-refractivity contribution in [3.05, 3.63) is 34.6 Å². The quantitative estimate of drug-likeness (QED) is 0.829. The maximum Gasteiger partial charge on any atom is 0.257 e. The molecule has 0 N–H and O–H groups in total. The van der Waals surface area contributed by atoms with Crippen molar-refractivity contribution in [3.63, 3.8) is 0 Å². The summed E-state index contributed by atoms with van der Waals surface area (Å²) < 4.78 is 30.0. The van der Waals surface area contributed by atoms with E-state index in [1.807, 2.05) is 13.1 Å². The van der Waals surface area contributed by atoms with Crippen LogP contribution in [0.2, 0.25) is 0 Å². The summed E-state index contributed by atoms with van der Waals surface area (Å²) in [5.41, 5.74) is 1.97. The highest BCUT2D eigenvalue weighted by atomic mass is 32.2. The molecule has 23 heavy (non-hydrogen) atoms. The molecule has 0 spiro atoms. The lowest BCUT2D eigenvalue weighted by Gasteiger charge is -2.35. The van der Waals surface area contributed by atoms with E-state index in [0.29, 0.717) is 17.8 Å². The summed E-state index contributed by atoms with van der Waals surface area (Å²) in [6.07, 6.45) is 3.46. The minimum absolute atomic E-state index is 0.00618. The average Bonchev–Trinajstić information content (AvgIpc) is 3.14. The first-order valence-electron chi connectivity index (χ1n) is 7.36. The van der Waals surface area contributed by atoms with Crippen LogP contribution in [0.5, 0.6) is 0 Å². The Morgan fingerprint density at radius 3 is 2.87 bits per heavy atom. The monoisotopic (exact) mass is 354 g/mol. The Morgan fingerprint density at radius 1 is 1.48 bits per heavy atom. The van der Waals surface area contributed by atoms with E-state index in [1.54, 1.807) is 28.1 Å². The number of aromatic nitrogens is 3. The molecule has 1 atom stereocenters. The van der Waals surface area contributed by atoms with Crippen LogP contribution in [-0.2, 0) is 16.4 Å². The first kappa shape index (κ1) is 16.1. The number of hydrogen-bond donors (Lipinski definition) is 0. The summed E-state index contributed by atoms with van der Waals surface area (Å²) in [5, 5.41) is 5.92. The zero-order chi connectivity index (χ0) is 16.6. The molecular weight excluding hydrogens is 336 g/mol. The number of aryl methyl sites for hydroxylation is 2. The fraction of sp³-hybridized carbons (Fsp3) is 0.500. The number of rotatable bonds is 3. The summed E-state index contributed by atoms with van der Waals surface area (Å²) in [5.74, 6) is -0.237. The number of carbonyl (C=O) groups excluding carboxylic acids is 1. The van der Waals surface area contributed by atoms with E-state index in [9.17, 15) is 13.2 Å². The summed E-state index contributed by atoms with van der Waals surface area (Å²) in [7, 11) is -3.17. The van der Waals surface area contributed by atoms with Gasteiger partial charge in [-0.1, -0.05) is 0 Å². The third-order valence-corrected chi connectivity index (χ3v) is 6.38. The minimum Gasteiger partial charge on any atom is -0.329 e. The Hall–Kier alpha value is -1.74. The molecule has 3 heterocycles. The lowest BCUT2D eigenvalue weighted by molar-refractivity contribution is 0.0697. The fourth-order valence-electron chi connectivity index (χ4n) is 2.70. The van der Waals surface area contributed by atoms with Crippen molar-refractivity contribution in [1.82, 2.24) is 19.1 Å². The predicted octanol–water partition coefficient (Wildman–Crippen LogP) is 1.28. The second-order valence-electron chi connectivity index (χ2n) is 5.57. The Balaban J connectivity index is 1.96. The van der Waals surface area contributed by atoms with E-state index >= 15 is 0 Å². The molecule has 0 aromatic carbocycles. The van der Waals surface area contributed by atoms with E-state index < -0.39 is 15.9 Å². The number of carbonyl (C=O) groups is 1. The van der Waals surface area contributed by atoms with Gasteiger partial charge >= 0.3 is 0 Å². The molecule has 124 valence electrons. The van der Waals surface area contributed by atoms with Crippen LogP contribution < -0.4 is 0 Å². The molecule has 1 amide bonds. The predicted molar refractivity (Wildman–Crippen MR) is 87.2 cm³/mol. The lowest BCUT2D eigenvalue weighted by atomic mass is 10.1. The van der Waals surface area contributed by atoms with Crippen molar-refractivity contribution in [2.75, 3.05) is 18.1 Å². The summed E-state index contributed by atoms with van der Waals surface area (Å²) >= 11 is 1.23. The van der Waals surface area contributed by atoms with Crippen LogP contribution in [0.4, 0.5) is 0 Å². The van der Waals surface area contributed by atoms with Gasteiger partial charge in [0.2, 0.25) is 0 Å². The number of sulfone groups is 1. The Labute approximate surface area is 139 Å². The zero-order valence-corrected chi connectivity index (χ0v) is 14.6. The third kappa shape index (κ3) is 3.16. The fourth-order valence-corrected chi connectivity index (χ4v) is 4.88. The molecule has 9 heteroatoms. The molecule has 2 aromatic rings. The lowest BCUT2D eigenvalue weighted by Crippen LogP contribution is -2.46. The van der Waals surface area contributed by atoms with Gasteiger partial charge in [-0.15, -0.1) is 0 Å². The first-order valence-corrected chi connectivity index (χ1v) is 10.0. The summed E-state index contributed by atoms with van der Waals surface area (Å²) in [4.78, 5) is 14.5. The number of nitrogens with zero attached hydrogens (tertiary/aromatic N) is 4. The zero-order valence-electron chi connectivity index (χ0n) is 13.0. The number of amides is 1. The largest absolute Gasteiger partial charge is 0.329 e. The molecule has 0 aliphatic carbocycles. The normalized spacial score (nSPS) is 20.6. The van der Waals surface area contributed by atoms with Crippen LogP contribution in [0.3, 0.4) is 0 Å². The molecule has 1 saturated heterocycles. The summed E-state index contributed by atoms with van der Waals surface area (Å²) in [6, 6.07) is -0.499. The average molecular weight is 354 g/mol. The van der Waals surface area contributed by atoms with Crippen LogP contribution in [-0.4, -0.2) is 51.4 Å². The van der Waals surface area contributed by atoms with Crippen LogP contribution in [0.25, 0.3) is 0 Å². The summed E-state index contributed by atoms with van der Waals surface area (Å²) in [6.45, 7) is 4.63. The van der Waals surface area contributed by atoms with Crippen molar-refractivity contribution in [3.8, 4) is 0 Å². The SMILES string of the molecule is CCn1cc(C2CS(=O)(=O)CCN2C(=O)c2csnc2C)cn1. The second kappa shape index (κ2) is 6.04. The van der Waals surface area contributed by atoms with E-state index in [0.717, 1.165) is 5.56 Å². The first-order chi connectivity index (χ1) is 10.9. The molecule has 1 fully saturated rings. The Morgan fingerprint density at radius 2 is 2.26 bits per heavy atom. The van der Waals surface area contributed by atoms with Crippen LogP contribution >= 0.6 is 11.5 Å². The highest BCUT2D eigenvalue weighted by Crippen LogP contribution is 2.29. The molecular formula is C14H18N4O3S2. The van der Waals surface area contributed by atoms with E-state index in [2.05, 4.69) is 9.47 Å². The highest BCUT2D eigenvalue weighted by molar-refractivity contribution is 7.91. The molecule has 7 nitrogen and oxygen atoms in total. The third-order valence-electron chi connectivity index (χ3n) is 4.03. The van der Waals surface area contributed by atoms with Crippen molar-refractivity contribution < 1.29 is 13.2 Å². The van der Waals surface area contributed by atoms with Gasteiger partial charge in [-0.25, -0.2) is 8.42 Å². The Kier molecular flexibility index (Phi) is 4.24. The molecule has 1 aliphatic rings. The van der Waals surface area contributed by atoms with Gasteiger partial charge in [0.1, 0.15) is 0 Å². The second-order valence-corrected chi connectivity index (χ2v) is 8.43. The molecule has 1 aliphatic heterocycles. The topological polar surface area (TPSA) is 85.2 Å². The maximum absolute atomic E-state index is 12.8. The van der Waals surface area contributed by atoms with Crippen LogP contribution in [0.15, 0.2) is 17.8 Å². The molecule has 2 aromatic heterocycles. The van der Waals surface area contributed by atoms with Gasteiger partial charge in [0, 0.05) is 30.2 Å².